The summed E-state index contributed by atoms with van der Waals surface area (Å²) in [6.07, 6.45) is 0.603. The maximum absolute atomic E-state index is 14.2. The SMILES string of the molecule is CC1CCc2nc3sc(C(=O)Nc4sc5c(c4C#N)CCCC5)c(N)c3c(C(F)(F)F)c2C1. The van der Waals surface area contributed by atoms with E-state index in [9.17, 15) is 23.2 Å². The number of nitriles is 1. The summed E-state index contributed by atoms with van der Waals surface area (Å²) < 4.78 is 42.6. The molecule has 3 aromatic heterocycles. The van der Waals surface area contributed by atoms with Crippen molar-refractivity contribution in [3.8, 4) is 6.07 Å². The van der Waals surface area contributed by atoms with Crippen LogP contribution >= 0.6 is 22.7 Å². The Labute approximate surface area is 196 Å². The van der Waals surface area contributed by atoms with E-state index in [-0.39, 0.29) is 38.7 Å². The minimum Gasteiger partial charge on any atom is -0.397 e. The second-order valence-electron chi connectivity index (χ2n) is 8.76. The van der Waals surface area contributed by atoms with Crippen LogP contribution in [0.1, 0.15) is 68.7 Å². The minimum absolute atomic E-state index is 0.00587. The molecular weight excluding hydrogens is 469 g/mol. The third-order valence-corrected chi connectivity index (χ3v) is 8.80. The number of aromatic nitrogens is 1. The topological polar surface area (TPSA) is 91.8 Å². The van der Waals surface area contributed by atoms with Crippen LogP contribution in [-0.4, -0.2) is 10.9 Å². The van der Waals surface area contributed by atoms with Gasteiger partial charge in [-0.15, -0.1) is 22.7 Å². The molecule has 3 heterocycles. The van der Waals surface area contributed by atoms with Crippen molar-refractivity contribution >= 4 is 49.5 Å². The number of hydrogen-bond donors (Lipinski definition) is 2. The first-order chi connectivity index (χ1) is 15.7. The summed E-state index contributed by atoms with van der Waals surface area (Å²) in [5.41, 5.74) is 7.27. The van der Waals surface area contributed by atoms with E-state index in [0.717, 1.165) is 53.9 Å². The summed E-state index contributed by atoms with van der Waals surface area (Å²) in [5, 5.41) is 12.6. The van der Waals surface area contributed by atoms with Crippen molar-refractivity contribution in [2.75, 3.05) is 11.1 Å². The molecule has 5 rings (SSSR count). The van der Waals surface area contributed by atoms with Gasteiger partial charge in [0.15, 0.2) is 0 Å². The van der Waals surface area contributed by atoms with Crippen molar-refractivity contribution in [1.82, 2.24) is 4.98 Å². The van der Waals surface area contributed by atoms with E-state index in [1.54, 1.807) is 0 Å². The number of nitrogens with one attached hydrogen (secondary N) is 1. The number of thiophene rings is 2. The van der Waals surface area contributed by atoms with Crippen molar-refractivity contribution in [3.63, 3.8) is 0 Å². The van der Waals surface area contributed by atoms with Gasteiger partial charge in [-0.25, -0.2) is 4.98 Å². The smallest absolute Gasteiger partial charge is 0.397 e. The van der Waals surface area contributed by atoms with Crippen molar-refractivity contribution in [1.29, 1.82) is 5.26 Å². The van der Waals surface area contributed by atoms with Gasteiger partial charge in [0.05, 0.1) is 16.8 Å². The fraction of sp³-hybridized carbons (Fsp3) is 0.435. The van der Waals surface area contributed by atoms with Gasteiger partial charge in [0.25, 0.3) is 5.91 Å². The molecule has 172 valence electrons. The number of halogens is 3. The zero-order valence-electron chi connectivity index (χ0n) is 17.9. The van der Waals surface area contributed by atoms with E-state index >= 15 is 0 Å². The third-order valence-electron chi connectivity index (χ3n) is 6.49. The number of anilines is 2. The number of nitrogens with two attached hydrogens (primary N) is 1. The number of aryl methyl sites for hydroxylation is 2. The van der Waals surface area contributed by atoms with Crippen LogP contribution in [0.4, 0.5) is 23.9 Å². The van der Waals surface area contributed by atoms with E-state index in [1.165, 1.54) is 11.3 Å². The number of hydrogen-bond acceptors (Lipinski definition) is 6. The lowest BCUT2D eigenvalue weighted by molar-refractivity contribution is -0.137. The Morgan fingerprint density at radius 1 is 1.21 bits per heavy atom. The third kappa shape index (κ3) is 3.67. The quantitative estimate of drug-likeness (QED) is 0.455. The molecule has 1 unspecified atom stereocenters. The number of nitrogens with zero attached hydrogens (tertiary/aromatic N) is 2. The number of carbonyl (C=O) groups is 1. The molecule has 0 radical (unpaired) electrons. The maximum atomic E-state index is 14.2. The molecule has 5 nitrogen and oxygen atoms in total. The Morgan fingerprint density at radius 2 is 1.97 bits per heavy atom. The highest BCUT2D eigenvalue weighted by molar-refractivity contribution is 7.21. The lowest BCUT2D eigenvalue weighted by Crippen LogP contribution is -2.20. The molecule has 3 N–H and O–H groups in total. The lowest BCUT2D eigenvalue weighted by Gasteiger charge is -2.25. The van der Waals surface area contributed by atoms with Gasteiger partial charge in [-0.3, -0.25) is 4.79 Å². The van der Waals surface area contributed by atoms with Crippen LogP contribution in [0.25, 0.3) is 10.2 Å². The fourth-order valence-electron chi connectivity index (χ4n) is 4.91. The summed E-state index contributed by atoms with van der Waals surface area (Å²) in [5.74, 6) is -0.486. The van der Waals surface area contributed by atoms with Crippen molar-refractivity contribution < 1.29 is 18.0 Å². The molecule has 0 saturated carbocycles. The van der Waals surface area contributed by atoms with Crippen LogP contribution in [-0.2, 0) is 31.9 Å². The standard InChI is InChI=1S/C23H21F3N4OS2/c1-10-6-7-14-12(8-10)17(23(24,25)26)16-18(28)19(33-22(16)29-14)20(31)30-21-13(9-27)11-4-2-3-5-15(11)32-21/h10H,2-8,28H2,1H3,(H,30,31). The largest absolute Gasteiger partial charge is 0.417 e. The van der Waals surface area contributed by atoms with Gasteiger partial charge in [0.1, 0.15) is 20.8 Å². The Hall–Kier alpha value is -2.64. The minimum atomic E-state index is -4.61. The van der Waals surface area contributed by atoms with Gasteiger partial charge in [0, 0.05) is 16.0 Å². The molecule has 33 heavy (non-hydrogen) atoms. The zero-order valence-corrected chi connectivity index (χ0v) is 19.5. The highest BCUT2D eigenvalue weighted by Crippen LogP contribution is 2.47. The molecule has 2 aliphatic carbocycles. The number of amides is 1. The van der Waals surface area contributed by atoms with E-state index in [4.69, 9.17) is 5.73 Å². The molecule has 0 aromatic carbocycles. The van der Waals surface area contributed by atoms with Crippen LogP contribution < -0.4 is 11.1 Å². The monoisotopic (exact) mass is 490 g/mol. The molecule has 0 bridgehead atoms. The van der Waals surface area contributed by atoms with Crippen molar-refractivity contribution in [3.05, 3.63) is 37.7 Å². The van der Waals surface area contributed by atoms with Crippen molar-refractivity contribution in [2.24, 2.45) is 5.92 Å². The normalized spacial score (nSPS) is 18.0. The van der Waals surface area contributed by atoms with Crippen LogP contribution in [0, 0.1) is 17.2 Å². The number of pyridine rings is 1. The van der Waals surface area contributed by atoms with Crippen LogP contribution in [0.2, 0.25) is 0 Å². The molecule has 0 fully saturated rings. The van der Waals surface area contributed by atoms with Gasteiger partial charge in [0.2, 0.25) is 0 Å². The summed E-state index contributed by atoms with van der Waals surface area (Å²) in [6.45, 7) is 1.93. The molecule has 10 heteroatoms. The van der Waals surface area contributed by atoms with Gasteiger partial charge < -0.3 is 11.1 Å². The summed E-state index contributed by atoms with van der Waals surface area (Å²) in [7, 11) is 0. The van der Waals surface area contributed by atoms with Crippen LogP contribution in [0.15, 0.2) is 0 Å². The van der Waals surface area contributed by atoms with Gasteiger partial charge in [-0.05, 0) is 62.0 Å². The van der Waals surface area contributed by atoms with E-state index in [0.29, 0.717) is 22.7 Å². The number of rotatable bonds is 2. The molecule has 2 aliphatic rings. The maximum Gasteiger partial charge on any atom is 0.417 e. The summed E-state index contributed by atoms with van der Waals surface area (Å²) in [6, 6.07) is 2.18. The summed E-state index contributed by atoms with van der Waals surface area (Å²) in [4.78, 5) is 18.8. The first-order valence-electron chi connectivity index (χ1n) is 10.9. The van der Waals surface area contributed by atoms with Crippen LogP contribution in [0.3, 0.4) is 0 Å². The lowest BCUT2D eigenvalue weighted by atomic mass is 9.84. The van der Waals surface area contributed by atoms with Crippen molar-refractivity contribution in [2.45, 2.75) is 58.0 Å². The highest BCUT2D eigenvalue weighted by atomic mass is 32.1. The zero-order chi connectivity index (χ0) is 23.5. The van der Waals surface area contributed by atoms with Gasteiger partial charge in [-0.2, -0.15) is 18.4 Å². The average Bonchev–Trinajstić information content (AvgIpc) is 3.28. The Morgan fingerprint density at radius 3 is 2.70 bits per heavy atom. The van der Waals surface area contributed by atoms with Gasteiger partial charge >= 0.3 is 6.18 Å². The predicted octanol–water partition coefficient (Wildman–Crippen LogP) is 6.09. The molecule has 0 saturated heterocycles. The molecule has 0 spiro atoms. The highest BCUT2D eigenvalue weighted by Gasteiger charge is 2.40. The fourth-order valence-corrected chi connectivity index (χ4v) is 7.16. The summed E-state index contributed by atoms with van der Waals surface area (Å²) >= 11 is 2.24. The van der Waals surface area contributed by atoms with E-state index in [1.807, 2.05) is 6.92 Å². The van der Waals surface area contributed by atoms with E-state index < -0.39 is 17.6 Å². The first-order valence-corrected chi connectivity index (χ1v) is 12.5. The molecule has 1 amide bonds. The van der Waals surface area contributed by atoms with Crippen LogP contribution in [0.5, 0.6) is 0 Å². The number of carbonyl (C=O) groups excluding carboxylic acids is 1. The second kappa shape index (κ2) is 7.99. The number of fused-ring (bicyclic) bond motifs is 3. The first kappa shape index (κ1) is 22.2. The number of nitrogen functional groups attached to an aromatic ring is 1. The Balaban J connectivity index is 1.60. The Bertz CT molecular complexity index is 1330. The number of alkyl halides is 3. The second-order valence-corrected chi connectivity index (χ2v) is 10.9. The molecular formula is C23H21F3N4OS2. The molecule has 0 aliphatic heterocycles. The Kier molecular flexibility index (Phi) is 5.37. The molecule has 3 aromatic rings. The van der Waals surface area contributed by atoms with E-state index in [2.05, 4.69) is 16.4 Å². The predicted molar refractivity (Wildman–Crippen MR) is 124 cm³/mol. The molecule has 1 atom stereocenters. The van der Waals surface area contributed by atoms with Gasteiger partial charge in [-0.1, -0.05) is 6.92 Å². The average molecular weight is 491 g/mol.